The minimum atomic E-state index is 0.169. The summed E-state index contributed by atoms with van der Waals surface area (Å²) < 4.78 is 17.1. The van der Waals surface area contributed by atoms with Crippen molar-refractivity contribution in [2.75, 3.05) is 26.9 Å². The molecule has 0 bridgehead atoms. The highest BCUT2D eigenvalue weighted by atomic mass is 16.6. The van der Waals surface area contributed by atoms with Crippen LogP contribution in [0.5, 0.6) is 11.5 Å². The summed E-state index contributed by atoms with van der Waals surface area (Å²) in [5.41, 5.74) is 1.13. The fraction of sp³-hybridized carbons (Fsp3) is 0.500. The molecule has 122 valence electrons. The van der Waals surface area contributed by atoms with Gasteiger partial charge in [-0.2, -0.15) is 5.10 Å². The molecule has 2 aliphatic rings. The van der Waals surface area contributed by atoms with Crippen molar-refractivity contribution < 1.29 is 14.2 Å². The Bertz CT molecular complexity index is 661. The predicted octanol–water partition coefficient (Wildman–Crippen LogP) is 1.54. The van der Waals surface area contributed by atoms with E-state index in [2.05, 4.69) is 26.1 Å². The van der Waals surface area contributed by atoms with E-state index in [4.69, 9.17) is 14.2 Å². The van der Waals surface area contributed by atoms with Crippen molar-refractivity contribution in [2.45, 2.75) is 25.1 Å². The molecule has 7 nitrogen and oxygen atoms in total. The molecule has 2 aromatic rings. The highest BCUT2D eigenvalue weighted by Gasteiger charge is 2.35. The van der Waals surface area contributed by atoms with E-state index in [1.807, 2.05) is 12.1 Å². The van der Waals surface area contributed by atoms with Gasteiger partial charge in [0.15, 0.2) is 11.5 Å². The van der Waals surface area contributed by atoms with Gasteiger partial charge in [0, 0.05) is 25.8 Å². The smallest absolute Gasteiger partial charge is 0.165 e. The van der Waals surface area contributed by atoms with Crippen molar-refractivity contribution in [2.24, 2.45) is 0 Å². The van der Waals surface area contributed by atoms with Crippen molar-refractivity contribution in [1.29, 1.82) is 0 Å². The number of nitrogens with one attached hydrogen (secondary N) is 1. The number of hydrogen-bond acceptors (Lipinski definition) is 6. The molecule has 0 spiro atoms. The van der Waals surface area contributed by atoms with Gasteiger partial charge in [0.05, 0.1) is 12.1 Å². The molecular formula is C16H20N4O3. The number of H-pyrrole nitrogens is 1. The largest absolute Gasteiger partial charge is 0.486 e. The lowest BCUT2D eigenvalue weighted by atomic mass is 10.1. The molecule has 0 amide bonds. The van der Waals surface area contributed by atoms with Crippen molar-refractivity contribution in [3.8, 4) is 11.5 Å². The van der Waals surface area contributed by atoms with Gasteiger partial charge in [-0.15, -0.1) is 0 Å². The Labute approximate surface area is 134 Å². The predicted molar refractivity (Wildman–Crippen MR) is 82.4 cm³/mol. The average Bonchev–Trinajstić information content (AvgIpc) is 3.24. The van der Waals surface area contributed by atoms with E-state index < -0.39 is 0 Å². The van der Waals surface area contributed by atoms with Crippen LogP contribution in [-0.2, 0) is 11.3 Å². The molecule has 2 atom stereocenters. The molecule has 7 heteroatoms. The van der Waals surface area contributed by atoms with Crippen LogP contribution in [0.1, 0.15) is 23.9 Å². The third kappa shape index (κ3) is 2.77. The molecule has 1 aromatic carbocycles. The summed E-state index contributed by atoms with van der Waals surface area (Å²) in [5.74, 6) is 2.56. The lowest BCUT2D eigenvalue weighted by molar-refractivity contribution is 0.106. The number of nitrogens with zero attached hydrogens (tertiary/aromatic N) is 3. The quantitative estimate of drug-likeness (QED) is 0.922. The second kappa shape index (κ2) is 6.17. The van der Waals surface area contributed by atoms with Gasteiger partial charge in [-0.3, -0.25) is 10.00 Å². The van der Waals surface area contributed by atoms with E-state index >= 15 is 0 Å². The zero-order chi connectivity index (χ0) is 15.6. The molecule has 0 radical (unpaired) electrons. The summed E-state index contributed by atoms with van der Waals surface area (Å²) in [6.45, 7) is 2.81. The van der Waals surface area contributed by atoms with Gasteiger partial charge in [-0.25, -0.2) is 4.98 Å². The van der Waals surface area contributed by atoms with Crippen LogP contribution in [0.3, 0.4) is 0 Å². The van der Waals surface area contributed by atoms with Crippen LogP contribution in [0.4, 0.5) is 0 Å². The third-order valence-corrected chi connectivity index (χ3v) is 4.47. The maximum atomic E-state index is 5.83. The van der Waals surface area contributed by atoms with Gasteiger partial charge in [-0.1, -0.05) is 12.1 Å². The van der Waals surface area contributed by atoms with Gasteiger partial charge < -0.3 is 14.2 Å². The number of ether oxygens (including phenoxy) is 3. The Morgan fingerprint density at radius 2 is 2.26 bits per heavy atom. The number of likely N-dealkylation sites (tertiary alicyclic amines) is 1. The number of aromatic nitrogens is 3. The van der Waals surface area contributed by atoms with Crippen LogP contribution < -0.4 is 9.47 Å². The van der Waals surface area contributed by atoms with Gasteiger partial charge in [0.1, 0.15) is 25.4 Å². The lowest BCUT2D eigenvalue weighted by Crippen LogP contribution is -2.26. The first kappa shape index (κ1) is 14.5. The summed E-state index contributed by atoms with van der Waals surface area (Å²) in [6, 6.07) is 6.22. The third-order valence-electron chi connectivity index (χ3n) is 4.47. The number of para-hydroxylation sites is 1. The Kier molecular flexibility index (Phi) is 3.88. The Hall–Kier alpha value is -2.12. The first-order valence-corrected chi connectivity index (χ1v) is 7.84. The van der Waals surface area contributed by atoms with Crippen LogP contribution in [-0.4, -0.2) is 53.1 Å². The van der Waals surface area contributed by atoms with E-state index in [1.54, 1.807) is 13.4 Å². The molecule has 4 rings (SSSR count). The van der Waals surface area contributed by atoms with Gasteiger partial charge in [0.2, 0.25) is 0 Å². The minimum absolute atomic E-state index is 0.169. The highest BCUT2D eigenvalue weighted by molar-refractivity contribution is 5.47. The van der Waals surface area contributed by atoms with E-state index in [1.165, 1.54) is 0 Å². The fourth-order valence-electron chi connectivity index (χ4n) is 3.34. The van der Waals surface area contributed by atoms with E-state index in [-0.39, 0.29) is 12.1 Å². The highest BCUT2D eigenvalue weighted by Crippen LogP contribution is 2.38. The molecule has 1 N–H and O–H groups in total. The number of fused-ring (bicyclic) bond motifs is 1. The van der Waals surface area contributed by atoms with Crippen molar-refractivity contribution in [1.82, 2.24) is 20.1 Å². The van der Waals surface area contributed by atoms with Crippen LogP contribution in [0.2, 0.25) is 0 Å². The zero-order valence-electron chi connectivity index (χ0n) is 13.1. The first-order chi connectivity index (χ1) is 11.3. The SMILES string of the molecule is CO[C@@H]1C[C@@H](c2ncn[nH]2)N(Cc2cccc3c2OCCO3)C1. The van der Waals surface area contributed by atoms with E-state index in [9.17, 15) is 0 Å². The summed E-state index contributed by atoms with van der Waals surface area (Å²) in [7, 11) is 1.76. The number of methoxy groups -OCH3 is 1. The lowest BCUT2D eigenvalue weighted by Gasteiger charge is -2.26. The van der Waals surface area contributed by atoms with Gasteiger partial charge >= 0.3 is 0 Å². The Balaban J connectivity index is 1.59. The van der Waals surface area contributed by atoms with Crippen molar-refractivity contribution >= 4 is 0 Å². The van der Waals surface area contributed by atoms with Crippen LogP contribution in [0.15, 0.2) is 24.5 Å². The minimum Gasteiger partial charge on any atom is -0.486 e. The average molecular weight is 316 g/mol. The monoisotopic (exact) mass is 316 g/mol. The molecule has 2 aliphatic heterocycles. The summed E-state index contributed by atoms with van der Waals surface area (Å²) in [5, 5.41) is 6.97. The van der Waals surface area contributed by atoms with E-state index in [0.29, 0.717) is 13.2 Å². The molecule has 1 aromatic heterocycles. The van der Waals surface area contributed by atoms with Crippen LogP contribution >= 0.6 is 0 Å². The fourth-order valence-corrected chi connectivity index (χ4v) is 3.34. The Morgan fingerprint density at radius 1 is 1.35 bits per heavy atom. The molecule has 3 heterocycles. The van der Waals surface area contributed by atoms with Gasteiger partial charge in [-0.05, 0) is 12.5 Å². The van der Waals surface area contributed by atoms with Crippen LogP contribution in [0, 0.1) is 0 Å². The van der Waals surface area contributed by atoms with Crippen molar-refractivity contribution in [3.63, 3.8) is 0 Å². The first-order valence-electron chi connectivity index (χ1n) is 7.84. The zero-order valence-corrected chi connectivity index (χ0v) is 13.1. The molecule has 0 saturated carbocycles. The number of aromatic amines is 1. The Morgan fingerprint density at radius 3 is 3.09 bits per heavy atom. The van der Waals surface area contributed by atoms with E-state index in [0.717, 1.165) is 42.4 Å². The second-order valence-corrected chi connectivity index (χ2v) is 5.85. The molecule has 23 heavy (non-hydrogen) atoms. The molecule has 0 aliphatic carbocycles. The number of hydrogen-bond donors (Lipinski definition) is 1. The van der Waals surface area contributed by atoms with Crippen molar-refractivity contribution in [3.05, 3.63) is 35.9 Å². The number of benzene rings is 1. The molecule has 1 fully saturated rings. The standard InChI is InChI=1S/C16H20N4O3/c1-21-12-7-13(16-17-10-18-19-16)20(9-12)8-11-3-2-4-14-15(11)23-6-5-22-14/h2-4,10,12-13H,5-9H2,1H3,(H,17,18,19)/t12-,13+/m1/s1. The molecular weight excluding hydrogens is 296 g/mol. The van der Waals surface area contributed by atoms with Gasteiger partial charge in [0.25, 0.3) is 0 Å². The van der Waals surface area contributed by atoms with Crippen LogP contribution in [0.25, 0.3) is 0 Å². The summed E-state index contributed by atoms with van der Waals surface area (Å²) >= 11 is 0. The summed E-state index contributed by atoms with van der Waals surface area (Å²) in [4.78, 5) is 6.68. The summed E-state index contributed by atoms with van der Waals surface area (Å²) in [6.07, 6.45) is 2.65. The second-order valence-electron chi connectivity index (χ2n) is 5.85. The maximum Gasteiger partial charge on any atom is 0.165 e. The normalized spacial score (nSPS) is 24.0. The molecule has 0 unspecified atom stereocenters. The number of rotatable bonds is 4. The maximum absolute atomic E-state index is 5.83. The molecule has 1 saturated heterocycles. The topological polar surface area (TPSA) is 72.5 Å².